The number of nitrogens with zero attached hydrogens (tertiary/aromatic N) is 2. The summed E-state index contributed by atoms with van der Waals surface area (Å²) in [5.41, 5.74) is 1.06. The lowest BCUT2D eigenvalue weighted by Gasteiger charge is -2.04. The number of carbonyl (C=O) groups is 1. The first-order valence-electron chi connectivity index (χ1n) is 7.21. The molecule has 1 N–H and O–H groups in total. The normalized spacial score (nSPS) is 12.4. The van der Waals surface area contributed by atoms with Gasteiger partial charge in [0.25, 0.3) is 0 Å². The van der Waals surface area contributed by atoms with E-state index in [1.165, 1.54) is 11.3 Å². The zero-order valence-electron chi connectivity index (χ0n) is 12.3. The first kappa shape index (κ1) is 14.8. The summed E-state index contributed by atoms with van der Waals surface area (Å²) in [5, 5.41) is 12.8. The van der Waals surface area contributed by atoms with Gasteiger partial charge < -0.3 is 14.8 Å². The van der Waals surface area contributed by atoms with Crippen LogP contribution in [0, 0.1) is 0 Å². The van der Waals surface area contributed by atoms with E-state index in [-0.39, 0.29) is 12.7 Å². The lowest BCUT2D eigenvalue weighted by molar-refractivity contribution is -0.121. The molecule has 0 spiro atoms. The maximum Gasteiger partial charge on any atom is 0.231 e. The fourth-order valence-corrected chi connectivity index (χ4v) is 2.84. The molecule has 3 rings (SSSR count). The fourth-order valence-electron chi connectivity index (χ4n) is 2.12. The van der Waals surface area contributed by atoms with Gasteiger partial charge in [0.15, 0.2) is 11.5 Å². The molecular weight excluding hydrogens is 302 g/mol. The van der Waals surface area contributed by atoms with E-state index in [2.05, 4.69) is 15.5 Å². The van der Waals surface area contributed by atoms with Gasteiger partial charge in [-0.15, -0.1) is 10.2 Å². The summed E-state index contributed by atoms with van der Waals surface area (Å²) < 4.78 is 10.6. The van der Waals surface area contributed by atoms with Crippen LogP contribution in [-0.4, -0.2) is 22.9 Å². The second-order valence-corrected chi connectivity index (χ2v) is 6.05. The van der Waals surface area contributed by atoms with E-state index in [1.54, 1.807) is 0 Å². The van der Waals surface area contributed by atoms with Gasteiger partial charge in [-0.25, -0.2) is 0 Å². The van der Waals surface area contributed by atoms with Crippen molar-refractivity contribution in [3.63, 3.8) is 0 Å². The fraction of sp³-hybridized carbons (Fsp3) is 0.400. The molecule has 1 aliphatic heterocycles. The highest BCUT2D eigenvalue weighted by Gasteiger charge is 2.13. The second kappa shape index (κ2) is 6.74. The van der Waals surface area contributed by atoms with Gasteiger partial charge in [-0.05, 0) is 30.5 Å². The summed E-state index contributed by atoms with van der Waals surface area (Å²) >= 11 is 1.54. The molecule has 1 aromatic heterocycles. The molecule has 1 aromatic carbocycles. The molecule has 0 atom stereocenters. The van der Waals surface area contributed by atoms with Crippen molar-refractivity contribution in [1.29, 1.82) is 0 Å². The summed E-state index contributed by atoms with van der Waals surface area (Å²) in [4.78, 5) is 11.9. The van der Waals surface area contributed by atoms with Crippen LogP contribution in [0.1, 0.15) is 28.9 Å². The third-order valence-electron chi connectivity index (χ3n) is 3.33. The monoisotopic (exact) mass is 319 g/mol. The Kier molecular flexibility index (Phi) is 4.53. The third kappa shape index (κ3) is 3.54. The second-order valence-electron chi connectivity index (χ2n) is 4.91. The van der Waals surface area contributed by atoms with Crippen molar-refractivity contribution in [2.75, 3.05) is 6.79 Å². The van der Waals surface area contributed by atoms with Crippen molar-refractivity contribution in [3.8, 4) is 11.5 Å². The van der Waals surface area contributed by atoms with Crippen LogP contribution < -0.4 is 14.8 Å². The van der Waals surface area contributed by atoms with E-state index >= 15 is 0 Å². The minimum atomic E-state index is 0.00548. The van der Waals surface area contributed by atoms with Gasteiger partial charge in [0.05, 0.1) is 6.54 Å². The molecule has 0 aliphatic carbocycles. The number of fused-ring (bicyclic) bond motifs is 1. The summed E-state index contributed by atoms with van der Waals surface area (Å²) in [6.07, 6.45) is 1.97. The van der Waals surface area contributed by atoms with E-state index in [0.717, 1.165) is 33.5 Å². The minimum absolute atomic E-state index is 0.00548. The Morgan fingerprint density at radius 3 is 2.91 bits per heavy atom. The maximum absolute atomic E-state index is 11.9. The molecule has 6 nitrogen and oxygen atoms in total. The van der Waals surface area contributed by atoms with E-state index in [0.29, 0.717) is 19.4 Å². The van der Waals surface area contributed by atoms with Crippen LogP contribution in [0.2, 0.25) is 0 Å². The van der Waals surface area contributed by atoms with Crippen molar-refractivity contribution < 1.29 is 14.3 Å². The number of nitrogens with one attached hydrogen (secondary N) is 1. The summed E-state index contributed by atoms with van der Waals surface area (Å²) in [7, 11) is 0. The topological polar surface area (TPSA) is 73.3 Å². The van der Waals surface area contributed by atoms with Gasteiger partial charge in [0, 0.05) is 6.42 Å². The lowest BCUT2D eigenvalue weighted by atomic mass is 10.1. The molecule has 0 unspecified atom stereocenters. The molecule has 116 valence electrons. The van der Waals surface area contributed by atoms with Gasteiger partial charge in [0.1, 0.15) is 10.0 Å². The zero-order chi connectivity index (χ0) is 15.4. The van der Waals surface area contributed by atoms with Crippen molar-refractivity contribution in [2.24, 2.45) is 0 Å². The molecule has 0 radical (unpaired) electrons. The molecule has 1 amide bonds. The number of hydrogen-bond donors (Lipinski definition) is 1. The first-order chi connectivity index (χ1) is 10.7. The third-order valence-corrected chi connectivity index (χ3v) is 4.39. The summed E-state index contributed by atoms with van der Waals surface area (Å²) in [6.45, 7) is 2.74. The van der Waals surface area contributed by atoms with Crippen LogP contribution in [0.25, 0.3) is 0 Å². The highest BCUT2D eigenvalue weighted by Crippen LogP contribution is 2.32. The zero-order valence-corrected chi connectivity index (χ0v) is 13.1. The minimum Gasteiger partial charge on any atom is -0.454 e. The van der Waals surface area contributed by atoms with Crippen molar-refractivity contribution >= 4 is 17.2 Å². The number of hydrogen-bond acceptors (Lipinski definition) is 6. The van der Waals surface area contributed by atoms with Crippen molar-refractivity contribution in [2.45, 2.75) is 32.7 Å². The van der Waals surface area contributed by atoms with E-state index in [1.807, 2.05) is 25.1 Å². The van der Waals surface area contributed by atoms with Crippen molar-refractivity contribution in [3.05, 3.63) is 33.8 Å². The number of rotatable bonds is 6. The Morgan fingerprint density at radius 2 is 2.09 bits per heavy atom. The number of carbonyl (C=O) groups excluding carboxylic acids is 1. The highest BCUT2D eigenvalue weighted by atomic mass is 32.1. The van der Waals surface area contributed by atoms with Gasteiger partial charge in [-0.2, -0.15) is 0 Å². The number of ether oxygens (including phenoxy) is 2. The SMILES string of the molecule is CCc1nnc(CNC(=O)CCc2ccc3c(c2)OCO3)s1. The summed E-state index contributed by atoms with van der Waals surface area (Å²) in [6, 6.07) is 5.76. The van der Waals surface area contributed by atoms with Crippen molar-refractivity contribution in [1.82, 2.24) is 15.5 Å². The predicted octanol–water partition coefficient (Wildman–Crippen LogP) is 2.08. The Labute approximate surface area is 132 Å². The highest BCUT2D eigenvalue weighted by molar-refractivity contribution is 7.11. The van der Waals surface area contributed by atoms with Crippen LogP contribution in [0.3, 0.4) is 0 Å². The number of benzene rings is 1. The molecule has 2 aromatic rings. The van der Waals surface area contributed by atoms with Crippen LogP contribution in [0.15, 0.2) is 18.2 Å². The smallest absolute Gasteiger partial charge is 0.231 e. The average Bonchev–Trinajstić information content (AvgIpc) is 3.19. The standard InChI is InChI=1S/C15H17N3O3S/c1-2-14-17-18-15(22-14)8-16-13(19)6-4-10-3-5-11-12(7-10)21-9-20-11/h3,5,7H,2,4,6,8-9H2,1H3,(H,16,19). The quantitative estimate of drug-likeness (QED) is 0.882. The Bertz CT molecular complexity index is 672. The molecule has 0 saturated carbocycles. The molecular formula is C15H17N3O3S. The largest absolute Gasteiger partial charge is 0.454 e. The molecule has 7 heteroatoms. The Balaban J connectivity index is 1.46. The molecule has 1 aliphatic rings. The lowest BCUT2D eigenvalue weighted by Crippen LogP contribution is -2.22. The Morgan fingerprint density at radius 1 is 1.27 bits per heavy atom. The first-order valence-corrected chi connectivity index (χ1v) is 8.02. The number of aryl methyl sites for hydroxylation is 2. The maximum atomic E-state index is 11.9. The van der Waals surface area contributed by atoms with Gasteiger partial charge in [-0.3, -0.25) is 4.79 Å². The van der Waals surface area contributed by atoms with Crippen LogP contribution in [-0.2, 0) is 24.2 Å². The van der Waals surface area contributed by atoms with Crippen LogP contribution in [0.5, 0.6) is 11.5 Å². The van der Waals surface area contributed by atoms with E-state index in [9.17, 15) is 4.79 Å². The molecule has 0 bridgehead atoms. The van der Waals surface area contributed by atoms with Gasteiger partial charge in [-0.1, -0.05) is 24.3 Å². The number of amides is 1. The van der Waals surface area contributed by atoms with Crippen LogP contribution in [0.4, 0.5) is 0 Å². The molecule has 0 saturated heterocycles. The van der Waals surface area contributed by atoms with Crippen LogP contribution >= 0.6 is 11.3 Å². The van der Waals surface area contributed by atoms with E-state index < -0.39 is 0 Å². The summed E-state index contributed by atoms with van der Waals surface area (Å²) in [5.74, 6) is 1.51. The van der Waals surface area contributed by atoms with E-state index in [4.69, 9.17) is 9.47 Å². The molecule has 0 fully saturated rings. The number of aromatic nitrogens is 2. The average molecular weight is 319 g/mol. The molecule has 2 heterocycles. The van der Waals surface area contributed by atoms with Gasteiger partial charge in [0.2, 0.25) is 12.7 Å². The predicted molar refractivity (Wildman–Crippen MR) is 82.0 cm³/mol. The molecule has 22 heavy (non-hydrogen) atoms. The van der Waals surface area contributed by atoms with Gasteiger partial charge >= 0.3 is 0 Å². The Hall–Kier alpha value is -2.15.